The van der Waals surface area contributed by atoms with Gasteiger partial charge in [-0.05, 0) is 43.2 Å². The van der Waals surface area contributed by atoms with E-state index in [0.717, 1.165) is 37.8 Å². The number of amides is 1. The first-order valence-electron chi connectivity index (χ1n) is 8.94. The second-order valence-corrected chi connectivity index (χ2v) is 8.78. The fourth-order valence-corrected chi connectivity index (χ4v) is 4.65. The van der Waals surface area contributed by atoms with E-state index in [4.69, 9.17) is 16.3 Å². The second kappa shape index (κ2) is 9.06. The van der Waals surface area contributed by atoms with Crippen molar-refractivity contribution in [1.29, 1.82) is 0 Å². The van der Waals surface area contributed by atoms with Gasteiger partial charge in [-0.3, -0.25) is 4.79 Å². The number of nitrogens with one attached hydrogen (secondary N) is 2. The summed E-state index contributed by atoms with van der Waals surface area (Å²) < 4.78 is 59.3. The van der Waals surface area contributed by atoms with Gasteiger partial charge in [0, 0.05) is 12.1 Å². The number of rotatable bonds is 7. The molecular formula is C19H19ClF2N2O4S. The third-order valence-corrected chi connectivity index (χ3v) is 6.27. The lowest BCUT2D eigenvalue weighted by molar-refractivity contribution is -0.118. The summed E-state index contributed by atoms with van der Waals surface area (Å²) in [5, 5.41) is 2.26. The predicted molar refractivity (Wildman–Crippen MR) is 105 cm³/mol. The Labute approximate surface area is 172 Å². The number of hydrogen-bond donors (Lipinski definition) is 2. The van der Waals surface area contributed by atoms with E-state index in [9.17, 15) is 22.0 Å². The quantitative estimate of drug-likeness (QED) is 0.679. The van der Waals surface area contributed by atoms with Crippen LogP contribution >= 0.6 is 11.6 Å². The predicted octanol–water partition coefficient (Wildman–Crippen LogP) is 3.86. The molecule has 1 aliphatic carbocycles. The Kier molecular flexibility index (Phi) is 6.71. The van der Waals surface area contributed by atoms with Crippen LogP contribution in [-0.2, 0) is 14.8 Å². The Morgan fingerprint density at radius 3 is 2.52 bits per heavy atom. The largest absolute Gasteiger partial charge is 0.482 e. The maximum atomic E-state index is 13.6. The lowest BCUT2D eigenvalue weighted by Crippen LogP contribution is -2.32. The minimum Gasteiger partial charge on any atom is -0.482 e. The van der Waals surface area contributed by atoms with Gasteiger partial charge in [0.15, 0.2) is 6.61 Å². The molecule has 2 aromatic carbocycles. The smallest absolute Gasteiger partial charge is 0.262 e. The van der Waals surface area contributed by atoms with E-state index in [1.54, 1.807) is 0 Å². The van der Waals surface area contributed by atoms with Crippen LogP contribution in [0.5, 0.6) is 5.75 Å². The number of benzene rings is 2. The van der Waals surface area contributed by atoms with Gasteiger partial charge >= 0.3 is 0 Å². The first-order chi connectivity index (χ1) is 13.7. The normalized spacial score (nSPS) is 14.7. The molecule has 2 N–H and O–H groups in total. The second-order valence-electron chi connectivity index (χ2n) is 6.66. The molecule has 1 aliphatic rings. The van der Waals surface area contributed by atoms with Gasteiger partial charge in [0.1, 0.15) is 17.4 Å². The van der Waals surface area contributed by atoms with Crippen LogP contribution in [0.15, 0.2) is 41.3 Å². The maximum Gasteiger partial charge on any atom is 0.262 e. The molecule has 2 aromatic rings. The summed E-state index contributed by atoms with van der Waals surface area (Å²) in [4.78, 5) is 11.9. The van der Waals surface area contributed by atoms with Crippen LogP contribution in [0, 0.1) is 11.6 Å². The zero-order valence-corrected chi connectivity index (χ0v) is 16.8. The summed E-state index contributed by atoms with van der Waals surface area (Å²) in [5.74, 6) is -2.27. The number of carbonyl (C=O) groups excluding carboxylic acids is 1. The van der Waals surface area contributed by atoms with Gasteiger partial charge in [-0.1, -0.05) is 24.4 Å². The highest BCUT2D eigenvalue weighted by molar-refractivity contribution is 7.89. The molecule has 0 spiro atoms. The molecule has 1 fully saturated rings. The molecule has 29 heavy (non-hydrogen) atoms. The fourth-order valence-electron chi connectivity index (χ4n) is 3.02. The minimum atomic E-state index is -3.70. The lowest BCUT2D eigenvalue weighted by atomic mass is 10.3. The first-order valence-corrected chi connectivity index (χ1v) is 10.8. The Morgan fingerprint density at radius 1 is 1.14 bits per heavy atom. The first kappa shape index (κ1) is 21.5. The molecule has 0 saturated heterocycles. The molecule has 156 valence electrons. The highest BCUT2D eigenvalue weighted by atomic mass is 35.5. The molecule has 0 atom stereocenters. The lowest BCUT2D eigenvalue weighted by Gasteiger charge is -2.14. The molecule has 10 heteroatoms. The van der Waals surface area contributed by atoms with Crippen molar-refractivity contribution in [3.63, 3.8) is 0 Å². The molecular weight excluding hydrogens is 426 g/mol. The topological polar surface area (TPSA) is 84.5 Å². The molecule has 0 radical (unpaired) electrons. The summed E-state index contributed by atoms with van der Waals surface area (Å²) in [6, 6.07) is 6.58. The van der Waals surface area contributed by atoms with Crippen molar-refractivity contribution < 1.29 is 26.7 Å². The van der Waals surface area contributed by atoms with Gasteiger partial charge in [0.2, 0.25) is 10.0 Å². The van der Waals surface area contributed by atoms with Crippen molar-refractivity contribution >= 4 is 33.2 Å². The van der Waals surface area contributed by atoms with Crippen LogP contribution in [0.1, 0.15) is 25.7 Å². The summed E-state index contributed by atoms with van der Waals surface area (Å²) in [6.45, 7) is -0.497. The SMILES string of the molecule is O=C(COc1ccc(S(=O)(=O)NC2CCCC2)cc1Cl)Nc1ccc(F)cc1F. The average molecular weight is 445 g/mol. The van der Waals surface area contributed by atoms with Crippen molar-refractivity contribution in [2.24, 2.45) is 0 Å². The van der Waals surface area contributed by atoms with E-state index < -0.39 is 34.2 Å². The van der Waals surface area contributed by atoms with E-state index >= 15 is 0 Å². The Morgan fingerprint density at radius 2 is 1.86 bits per heavy atom. The van der Waals surface area contributed by atoms with Crippen LogP contribution in [-0.4, -0.2) is 27.0 Å². The minimum absolute atomic E-state index is 0.000384. The number of carbonyl (C=O) groups is 1. The third kappa shape index (κ3) is 5.65. The van der Waals surface area contributed by atoms with Crippen molar-refractivity contribution in [1.82, 2.24) is 4.72 Å². The van der Waals surface area contributed by atoms with E-state index in [1.807, 2.05) is 0 Å². The highest BCUT2D eigenvalue weighted by Crippen LogP contribution is 2.28. The fraction of sp³-hybridized carbons (Fsp3) is 0.316. The van der Waals surface area contributed by atoms with Crippen LogP contribution in [0.2, 0.25) is 5.02 Å². The van der Waals surface area contributed by atoms with E-state index in [0.29, 0.717) is 6.07 Å². The Bertz CT molecular complexity index is 1010. The molecule has 6 nitrogen and oxygen atoms in total. The molecule has 1 amide bonds. The number of halogens is 3. The zero-order valence-electron chi connectivity index (χ0n) is 15.3. The monoisotopic (exact) mass is 444 g/mol. The molecule has 3 rings (SSSR count). The van der Waals surface area contributed by atoms with Crippen LogP contribution in [0.3, 0.4) is 0 Å². The molecule has 0 unspecified atom stereocenters. The summed E-state index contributed by atoms with van der Waals surface area (Å²) >= 11 is 6.09. The van der Waals surface area contributed by atoms with E-state index in [-0.39, 0.29) is 27.4 Å². The van der Waals surface area contributed by atoms with Gasteiger partial charge in [-0.2, -0.15) is 0 Å². The van der Waals surface area contributed by atoms with Crippen LogP contribution in [0.25, 0.3) is 0 Å². The molecule has 0 aromatic heterocycles. The van der Waals surface area contributed by atoms with E-state index in [2.05, 4.69) is 10.0 Å². The Hall–Kier alpha value is -2.23. The highest BCUT2D eigenvalue weighted by Gasteiger charge is 2.23. The van der Waals surface area contributed by atoms with Crippen molar-refractivity contribution in [3.8, 4) is 5.75 Å². The number of anilines is 1. The zero-order chi connectivity index (χ0) is 21.0. The summed E-state index contributed by atoms with van der Waals surface area (Å²) in [5.41, 5.74) is -0.189. The molecule has 0 aliphatic heterocycles. The van der Waals surface area contributed by atoms with Gasteiger partial charge in [0.05, 0.1) is 15.6 Å². The van der Waals surface area contributed by atoms with Crippen LogP contribution < -0.4 is 14.8 Å². The number of sulfonamides is 1. The maximum absolute atomic E-state index is 13.6. The number of ether oxygens (including phenoxy) is 1. The third-order valence-electron chi connectivity index (χ3n) is 4.45. The van der Waals surface area contributed by atoms with Crippen molar-refractivity contribution in [3.05, 3.63) is 53.1 Å². The standard InChI is InChI=1S/C19H19ClF2N2O4S/c20-15-10-14(29(26,27)24-13-3-1-2-4-13)6-8-18(15)28-11-19(25)23-17-7-5-12(21)9-16(17)22/h5-10,13,24H,1-4,11H2,(H,23,25). The van der Waals surface area contributed by atoms with Crippen molar-refractivity contribution in [2.75, 3.05) is 11.9 Å². The number of hydrogen-bond acceptors (Lipinski definition) is 4. The van der Waals surface area contributed by atoms with E-state index in [1.165, 1.54) is 18.2 Å². The van der Waals surface area contributed by atoms with Gasteiger partial charge in [-0.25, -0.2) is 21.9 Å². The average Bonchev–Trinajstić information content (AvgIpc) is 3.15. The van der Waals surface area contributed by atoms with Gasteiger partial charge in [0.25, 0.3) is 5.91 Å². The molecule has 0 bridgehead atoms. The van der Waals surface area contributed by atoms with Crippen LogP contribution in [0.4, 0.5) is 14.5 Å². The molecule has 0 heterocycles. The summed E-state index contributed by atoms with van der Waals surface area (Å²) in [7, 11) is -3.70. The van der Waals surface area contributed by atoms with Gasteiger partial charge < -0.3 is 10.1 Å². The summed E-state index contributed by atoms with van der Waals surface area (Å²) in [6.07, 6.45) is 3.59. The van der Waals surface area contributed by atoms with Gasteiger partial charge in [-0.15, -0.1) is 0 Å². The van der Waals surface area contributed by atoms with Crippen molar-refractivity contribution in [2.45, 2.75) is 36.6 Å². The molecule has 1 saturated carbocycles. The Balaban J connectivity index is 1.60.